The first-order chi connectivity index (χ1) is 16.2. The van der Waals surface area contributed by atoms with E-state index in [4.69, 9.17) is 4.84 Å². The lowest BCUT2D eigenvalue weighted by molar-refractivity contribution is -0.197. The summed E-state index contributed by atoms with van der Waals surface area (Å²) in [6.07, 6.45) is 1.86. The van der Waals surface area contributed by atoms with Gasteiger partial charge in [-0.15, -0.1) is 5.06 Å². The average molecular weight is 487 g/mol. The second-order valence-electron chi connectivity index (χ2n) is 8.01. The quantitative estimate of drug-likeness (QED) is 0.222. The van der Waals surface area contributed by atoms with Gasteiger partial charge in [0.2, 0.25) is 0 Å². The normalized spacial score (nSPS) is 14.3. The number of hydroxylamine groups is 2. The zero-order chi connectivity index (χ0) is 24.5. The van der Waals surface area contributed by atoms with Gasteiger partial charge in [0.1, 0.15) is 0 Å². The van der Waals surface area contributed by atoms with Gasteiger partial charge < -0.3 is 9.40 Å². The van der Waals surface area contributed by atoms with Crippen molar-refractivity contribution in [1.29, 1.82) is 0 Å². The van der Waals surface area contributed by atoms with E-state index < -0.39 is 27.9 Å². The Morgan fingerprint density at radius 2 is 1.59 bits per heavy atom. The number of aryl methyl sites for hydroxylation is 1. The summed E-state index contributed by atoms with van der Waals surface area (Å²) in [5.41, 5.74) is 0.882. The van der Waals surface area contributed by atoms with Crippen LogP contribution in [0, 0.1) is 0 Å². The lowest BCUT2D eigenvalue weighted by Gasteiger charge is -2.16. The molecule has 10 nitrogen and oxygen atoms in total. The van der Waals surface area contributed by atoms with Crippen molar-refractivity contribution in [1.82, 2.24) is 9.63 Å². The molecule has 34 heavy (non-hydrogen) atoms. The van der Waals surface area contributed by atoms with Crippen molar-refractivity contribution in [2.24, 2.45) is 0 Å². The first kappa shape index (κ1) is 23.6. The number of hydrogen-bond donors (Lipinski definition) is 1. The third-order valence-electron chi connectivity index (χ3n) is 5.70. The third kappa shape index (κ3) is 4.70. The lowest BCUT2D eigenvalue weighted by Crippen LogP contribution is -2.31. The summed E-state index contributed by atoms with van der Waals surface area (Å²) in [6, 6.07) is 10.9. The Kier molecular flexibility index (Phi) is 6.49. The molecule has 1 N–H and O–H groups in total. The smallest absolute Gasteiger partial charge is 0.333 e. The maximum Gasteiger partial charge on any atom is 0.333 e. The largest absolute Gasteiger partial charge is 0.340 e. The minimum Gasteiger partial charge on any atom is -0.340 e. The van der Waals surface area contributed by atoms with Gasteiger partial charge in [-0.25, -0.2) is 4.79 Å². The fraction of sp³-hybridized carbons (Fsp3) is 0.304. The van der Waals surface area contributed by atoms with E-state index in [1.807, 2.05) is 4.57 Å². The Labute approximate surface area is 194 Å². The van der Waals surface area contributed by atoms with Crippen LogP contribution < -0.4 is 5.43 Å². The van der Waals surface area contributed by atoms with Crippen molar-refractivity contribution in [3.8, 4) is 0 Å². The molecule has 0 saturated carbocycles. The van der Waals surface area contributed by atoms with Crippen LogP contribution in [-0.2, 0) is 35.9 Å². The number of carbonyl (C=O) groups excluding carboxylic acids is 3. The summed E-state index contributed by atoms with van der Waals surface area (Å²) in [5.74, 6) is -1.69. The predicted molar refractivity (Wildman–Crippen MR) is 121 cm³/mol. The minimum absolute atomic E-state index is 0.0408. The summed E-state index contributed by atoms with van der Waals surface area (Å²) in [4.78, 5) is 52.5. The van der Waals surface area contributed by atoms with Gasteiger partial charge in [-0.3, -0.25) is 18.9 Å². The summed E-state index contributed by atoms with van der Waals surface area (Å²) < 4.78 is 34.4. The van der Waals surface area contributed by atoms with E-state index in [2.05, 4.69) is 0 Å². The molecule has 178 valence electrons. The summed E-state index contributed by atoms with van der Waals surface area (Å²) in [6.45, 7) is 0.487. The molecule has 2 heterocycles. The first-order valence-electron chi connectivity index (χ1n) is 10.8. The van der Waals surface area contributed by atoms with E-state index in [-0.39, 0.29) is 35.0 Å². The fourth-order valence-corrected chi connectivity index (χ4v) is 4.54. The lowest BCUT2D eigenvalue weighted by atomic mass is 10.1. The molecule has 1 fully saturated rings. The highest BCUT2D eigenvalue weighted by Crippen LogP contribution is 2.23. The number of imide groups is 1. The predicted octanol–water partition coefficient (Wildman–Crippen LogP) is 2.57. The van der Waals surface area contributed by atoms with Crippen molar-refractivity contribution >= 4 is 49.7 Å². The number of rotatable bonds is 8. The number of benzene rings is 2. The van der Waals surface area contributed by atoms with Crippen molar-refractivity contribution in [3.05, 3.63) is 52.7 Å². The second kappa shape index (κ2) is 9.35. The van der Waals surface area contributed by atoms with Gasteiger partial charge in [0.25, 0.3) is 21.9 Å². The molecule has 1 saturated heterocycles. The molecule has 1 aromatic heterocycles. The van der Waals surface area contributed by atoms with Crippen molar-refractivity contribution in [3.63, 3.8) is 0 Å². The summed E-state index contributed by atoms with van der Waals surface area (Å²) >= 11 is 0. The zero-order valence-corrected chi connectivity index (χ0v) is 18.9. The molecule has 4 rings (SSSR count). The number of hydrogen-bond acceptors (Lipinski definition) is 7. The van der Waals surface area contributed by atoms with Crippen LogP contribution in [0.5, 0.6) is 0 Å². The van der Waals surface area contributed by atoms with Crippen LogP contribution in [-0.4, -0.2) is 40.4 Å². The number of aromatic nitrogens is 1. The van der Waals surface area contributed by atoms with Gasteiger partial charge in [0, 0.05) is 36.6 Å². The minimum atomic E-state index is -4.46. The van der Waals surface area contributed by atoms with Gasteiger partial charge in [-0.1, -0.05) is 18.6 Å². The van der Waals surface area contributed by atoms with Crippen molar-refractivity contribution in [2.75, 3.05) is 0 Å². The van der Waals surface area contributed by atoms with Crippen molar-refractivity contribution in [2.45, 2.75) is 50.0 Å². The molecule has 0 spiro atoms. The van der Waals surface area contributed by atoms with Gasteiger partial charge in [0.05, 0.1) is 15.9 Å². The molecule has 11 heteroatoms. The highest BCUT2D eigenvalue weighted by molar-refractivity contribution is 7.85. The standard InChI is InChI=1S/C23H22N2O8S/c26-20-11-12-21(27)25(20)33-22(28)8-2-1-5-13-24-18-7-4-3-6-16(18)23(29)17-14-15(34(30,31)32)9-10-19(17)24/h3-4,6-7,9-10,14H,1-2,5,8,11-13H2,(H,30,31,32). The Morgan fingerprint density at radius 3 is 2.29 bits per heavy atom. The van der Waals surface area contributed by atoms with E-state index in [1.165, 1.54) is 18.2 Å². The first-order valence-corrected chi connectivity index (χ1v) is 12.2. The zero-order valence-electron chi connectivity index (χ0n) is 18.1. The van der Waals surface area contributed by atoms with E-state index in [0.717, 1.165) is 0 Å². The average Bonchev–Trinajstić information content (AvgIpc) is 3.12. The Balaban J connectivity index is 1.48. The second-order valence-corrected chi connectivity index (χ2v) is 9.43. The summed E-state index contributed by atoms with van der Waals surface area (Å²) in [5, 5.41) is 1.13. The highest BCUT2D eigenvalue weighted by atomic mass is 32.2. The fourth-order valence-electron chi connectivity index (χ4n) is 4.03. The number of pyridine rings is 1. The van der Waals surface area contributed by atoms with E-state index in [0.29, 0.717) is 47.3 Å². The maximum atomic E-state index is 13.0. The van der Waals surface area contributed by atoms with Gasteiger partial charge in [-0.2, -0.15) is 8.42 Å². The van der Waals surface area contributed by atoms with Gasteiger partial charge >= 0.3 is 5.97 Å². The molecule has 2 amide bonds. The van der Waals surface area contributed by atoms with Gasteiger partial charge in [-0.05, 0) is 43.2 Å². The highest BCUT2D eigenvalue weighted by Gasteiger charge is 2.32. The monoisotopic (exact) mass is 486 g/mol. The molecular formula is C23H22N2O8S. The number of para-hydroxylation sites is 1. The molecule has 1 aliphatic rings. The molecule has 1 aliphatic heterocycles. The Bertz CT molecular complexity index is 1460. The van der Waals surface area contributed by atoms with Gasteiger partial charge in [0.15, 0.2) is 5.43 Å². The molecule has 3 aromatic rings. The van der Waals surface area contributed by atoms with E-state index in [1.54, 1.807) is 24.3 Å². The molecule has 0 aliphatic carbocycles. The topological polar surface area (TPSA) is 140 Å². The number of carbonyl (C=O) groups is 3. The maximum absolute atomic E-state index is 13.0. The SMILES string of the molecule is O=C(CCCCCn1c2ccccc2c(=O)c2cc(S(=O)(=O)O)ccc21)ON1C(=O)CCC1=O. The number of fused-ring (bicyclic) bond motifs is 2. The van der Waals surface area contributed by atoms with Crippen LogP contribution in [0.15, 0.2) is 52.2 Å². The molecule has 0 radical (unpaired) electrons. The number of amides is 2. The van der Waals surface area contributed by atoms with Crippen LogP contribution in [0.2, 0.25) is 0 Å². The molecule has 0 unspecified atom stereocenters. The van der Waals surface area contributed by atoms with E-state index in [9.17, 15) is 32.1 Å². The number of nitrogens with zero attached hydrogens (tertiary/aromatic N) is 2. The molecular weight excluding hydrogens is 464 g/mol. The Morgan fingerprint density at radius 1 is 0.912 bits per heavy atom. The van der Waals surface area contributed by atoms with Crippen LogP contribution in [0.1, 0.15) is 38.5 Å². The summed E-state index contributed by atoms with van der Waals surface area (Å²) in [7, 11) is -4.46. The molecule has 0 bridgehead atoms. The van der Waals surface area contributed by atoms with E-state index >= 15 is 0 Å². The molecule has 2 aromatic carbocycles. The Hall–Kier alpha value is -3.57. The van der Waals surface area contributed by atoms with Crippen LogP contribution >= 0.6 is 0 Å². The van der Waals surface area contributed by atoms with Crippen LogP contribution in [0.25, 0.3) is 21.8 Å². The van der Waals surface area contributed by atoms with Crippen LogP contribution in [0.4, 0.5) is 0 Å². The van der Waals surface area contributed by atoms with Crippen molar-refractivity contribution < 1.29 is 32.2 Å². The third-order valence-corrected chi connectivity index (χ3v) is 6.55. The van der Waals surface area contributed by atoms with Crippen LogP contribution in [0.3, 0.4) is 0 Å². The molecule has 0 atom stereocenters. The number of unbranched alkanes of at least 4 members (excludes halogenated alkanes) is 2.